The Morgan fingerprint density at radius 3 is 2.85 bits per heavy atom. The van der Waals surface area contributed by atoms with E-state index in [1.165, 1.54) is 5.56 Å². The summed E-state index contributed by atoms with van der Waals surface area (Å²) in [6.45, 7) is 2.52. The molecular formula is C17H18N2O. The molecule has 3 heteroatoms. The number of hydrogen-bond donors (Lipinski definition) is 2. The van der Waals surface area contributed by atoms with Crippen molar-refractivity contribution in [3.8, 4) is 0 Å². The third kappa shape index (κ3) is 2.16. The van der Waals surface area contributed by atoms with Gasteiger partial charge in [-0.15, -0.1) is 0 Å². The summed E-state index contributed by atoms with van der Waals surface area (Å²) in [6.07, 6.45) is 0.845. The Morgan fingerprint density at radius 1 is 1.25 bits per heavy atom. The quantitative estimate of drug-likeness (QED) is 0.839. The number of carbonyl (C=O) groups is 1. The van der Waals surface area contributed by atoms with E-state index in [4.69, 9.17) is 5.73 Å². The highest BCUT2D eigenvalue weighted by Crippen LogP contribution is 2.34. The Kier molecular flexibility index (Phi) is 3.18. The highest BCUT2D eigenvalue weighted by Gasteiger charge is 2.31. The van der Waals surface area contributed by atoms with Crippen LogP contribution in [0.15, 0.2) is 42.5 Å². The number of amides is 1. The highest BCUT2D eigenvalue weighted by molar-refractivity contribution is 5.86. The summed E-state index contributed by atoms with van der Waals surface area (Å²) in [7, 11) is 0. The second-order valence-electron chi connectivity index (χ2n) is 5.30. The van der Waals surface area contributed by atoms with Crippen LogP contribution in [0.25, 0.3) is 0 Å². The lowest BCUT2D eigenvalue weighted by atomic mass is 9.77. The average Bonchev–Trinajstić information content (AvgIpc) is 2.42. The van der Waals surface area contributed by atoms with Crippen LogP contribution in [0.5, 0.6) is 0 Å². The summed E-state index contributed by atoms with van der Waals surface area (Å²) >= 11 is 0. The van der Waals surface area contributed by atoms with Crippen molar-refractivity contribution in [1.82, 2.24) is 5.32 Å². The number of anilines is 1. The SMILES string of the molecule is Cc1c(N)cccc1CNC(=O)C1Cc2ccccc21. The zero-order valence-corrected chi connectivity index (χ0v) is 11.5. The number of hydrogen-bond acceptors (Lipinski definition) is 2. The van der Waals surface area contributed by atoms with E-state index in [1.54, 1.807) is 0 Å². The fourth-order valence-electron chi connectivity index (χ4n) is 2.69. The number of nitrogen functional groups attached to an aromatic ring is 1. The highest BCUT2D eigenvalue weighted by atomic mass is 16.1. The van der Waals surface area contributed by atoms with Crippen molar-refractivity contribution in [2.75, 3.05) is 5.73 Å². The summed E-state index contributed by atoms with van der Waals surface area (Å²) in [5.41, 5.74) is 11.2. The number of benzene rings is 2. The van der Waals surface area contributed by atoms with E-state index in [2.05, 4.69) is 11.4 Å². The molecule has 3 nitrogen and oxygen atoms in total. The molecule has 3 rings (SSSR count). The van der Waals surface area contributed by atoms with Gasteiger partial charge in [-0.3, -0.25) is 4.79 Å². The van der Waals surface area contributed by atoms with Gasteiger partial charge in [-0.2, -0.15) is 0 Å². The maximum atomic E-state index is 12.2. The van der Waals surface area contributed by atoms with Gasteiger partial charge in [0.2, 0.25) is 5.91 Å². The molecule has 3 N–H and O–H groups in total. The Hall–Kier alpha value is -2.29. The standard InChI is InChI=1S/C17H18N2O/c1-11-13(6-4-8-16(11)18)10-19-17(20)15-9-12-5-2-3-7-14(12)15/h2-8,15H,9-10,18H2,1H3,(H,19,20). The molecule has 1 aliphatic carbocycles. The van der Waals surface area contributed by atoms with Gasteiger partial charge in [0, 0.05) is 12.2 Å². The van der Waals surface area contributed by atoms with E-state index in [0.717, 1.165) is 28.8 Å². The maximum Gasteiger partial charge on any atom is 0.228 e. The number of nitrogens with one attached hydrogen (secondary N) is 1. The number of fused-ring (bicyclic) bond motifs is 1. The van der Waals surface area contributed by atoms with Crippen LogP contribution in [0, 0.1) is 6.92 Å². The fourth-order valence-corrected chi connectivity index (χ4v) is 2.69. The van der Waals surface area contributed by atoms with Gasteiger partial charge in [0.15, 0.2) is 0 Å². The van der Waals surface area contributed by atoms with Gasteiger partial charge in [-0.1, -0.05) is 36.4 Å². The maximum absolute atomic E-state index is 12.2. The molecule has 0 saturated carbocycles. The fraction of sp³-hybridized carbons (Fsp3) is 0.235. The Morgan fingerprint density at radius 2 is 2.05 bits per heavy atom. The largest absolute Gasteiger partial charge is 0.399 e. The van der Waals surface area contributed by atoms with Crippen LogP contribution >= 0.6 is 0 Å². The van der Waals surface area contributed by atoms with Crippen molar-refractivity contribution in [1.29, 1.82) is 0 Å². The Balaban J connectivity index is 1.65. The zero-order valence-electron chi connectivity index (χ0n) is 11.5. The first-order valence-electron chi connectivity index (χ1n) is 6.86. The number of rotatable bonds is 3. The molecule has 2 aromatic carbocycles. The first-order chi connectivity index (χ1) is 9.66. The van der Waals surface area contributed by atoms with E-state index in [0.29, 0.717) is 6.54 Å². The van der Waals surface area contributed by atoms with E-state index < -0.39 is 0 Å². The molecule has 1 aliphatic rings. The van der Waals surface area contributed by atoms with Crippen LogP contribution in [0.4, 0.5) is 5.69 Å². The van der Waals surface area contributed by atoms with Crippen molar-refractivity contribution >= 4 is 11.6 Å². The first-order valence-corrected chi connectivity index (χ1v) is 6.86. The number of nitrogens with two attached hydrogens (primary N) is 1. The molecule has 0 fully saturated rings. The number of carbonyl (C=O) groups excluding carboxylic acids is 1. The van der Waals surface area contributed by atoms with Gasteiger partial charge in [-0.25, -0.2) is 0 Å². The lowest BCUT2D eigenvalue weighted by Crippen LogP contribution is -2.35. The molecule has 0 radical (unpaired) electrons. The molecule has 0 saturated heterocycles. The molecular weight excluding hydrogens is 248 g/mol. The summed E-state index contributed by atoms with van der Waals surface area (Å²) in [4.78, 5) is 12.2. The molecule has 2 aromatic rings. The summed E-state index contributed by atoms with van der Waals surface area (Å²) < 4.78 is 0. The van der Waals surface area contributed by atoms with Gasteiger partial charge >= 0.3 is 0 Å². The lowest BCUT2D eigenvalue weighted by molar-refractivity contribution is -0.123. The van der Waals surface area contributed by atoms with Crippen LogP contribution in [0.3, 0.4) is 0 Å². The summed E-state index contributed by atoms with van der Waals surface area (Å²) in [6, 6.07) is 13.9. The summed E-state index contributed by atoms with van der Waals surface area (Å²) in [5, 5.41) is 3.02. The molecule has 0 bridgehead atoms. The molecule has 0 spiro atoms. The minimum Gasteiger partial charge on any atom is -0.399 e. The van der Waals surface area contributed by atoms with Crippen LogP contribution in [0.2, 0.25) is 0 Å². The minimum absolute atomic E-state index is 0.00700. The second kappa shape index (κ2) is 5.00. The van der Waals surface area contributed by atoms with Crippen LogP contribution in [-0.4, -0.2) is 5.91 Å². The van der Waals surface area contributed by atoms with E-state index in [-0.39, 0.29) is 11.8 Å². The lowest BCUT2D eigenvalue weighted by Gasteiger charge is -2.29. The van der Waals surface area contributed by atoms with E-state index in [9.17, 15) is 4.79 Å². The predicted octanol–water partition coefficient (Wildman–Crippen LogP) is 2.53. The zero-order chi connectivity index (χ0) is 14.1. The van der Waals surface area contributed by atoms with Crippen LogP contribution in [0.1, 0.15) is 28.2 Å². The van der Waals surface area contributed by atoms with Crippen molar-refractivity contribution in [2.24, 2.45) is 0 Å². The van der Waals surface area contributed by atoms with Gasteiger partial charge in [0.25, 0.3) is 0 Å². The minimum atomic E-state index is 0.00700. The molecule has 20 heavy (non-hydrogen) atoms. The van der Waals surface area contributed by atoms with Crippen LogP contribution < -0.4 is 11.1 Å². The van der Waals surface area contributed by atoms with Crippen molar-refractivity contribution in [2.45, 2.75) is 25.8 Å². The smallest absolute Gasteiger partial charge is 0.228 e. The molecule has 0 aliphatic heterocycles. The van der Waals surface area contributed by atoms with Gasteiger partial charge in [0.05, 0.1) is 5.92 Å². The first kappa shape index (κ1) is 12.7. The third-order valence-corrected chi connectivity index (χ3v) is 4.11. The van der Waals surface area contributed by atoms with Gasteiger partial charge in [0.1, 0.15) is 0 Å². The molecule has 0 heterocycles. The topological polar surface area (TPSA) is 55.1 Å². The molecule has 1 atom stereocenters. The van der Waals surface area contributed by atoms with Gasteiger partial charge in [-0.05, 0) is 41.7 Å². The van der Waals surface area contributed by atoms with Crippen LogP contribution in [-0.2, 0) is 17.8 Å². The Bertz CT molecular complexity index is 664. The van der Waals surface area contributed by atoms with E-state index in [1.807, 2.05) is 43.3 Å². The normalized spacial score (nSPS) is 16.1. The molecule has 1 amide bonds. The summed E-state index contributed by atoms with van der Waals surface area (Å²) in [5.74, 6) is 0.109. The average molecular weight is 266 g/mol. The van der Waals surface area contributed by atoms with Crippen molar-refractivity contribution < 1.29 is 4.79 Å². The van der Waals surface area contributed by atoms with Crippen molar-refractivity contribution in [3.63, 3.8) is 0 Å². The molecule has 102 valence electrons. The molecule has 0 aromatic heterocycles. The Labute approximate surface area is 118 Å². The monoisotopic (exact) mass is 266 g/mol. The second-order valence-corrected chi connectivity index (χ2v) is 5.30. The van der Waals surface area contributed by atoms with E-state index >= 15 is 0 Å². The van der Waals surface area contributed by atoms with Gasteiger partial charge < -0.3 is 11.1 Å². The van der Waals surface area contributed by atoms with Crippen molar-refractivity contribution in [3.05, 3.63) is 64.7 Å². The molecule has 1 unspecified atom stereocenters. The predicted molar refractivity (Wildman–Crippen MR) is 80.3 cm³/mol. The third-order valence-electron chi connectivity index (χ3n) is 4.11.